The fraction of sp³-hybridized carbons (Fsp3) is 0.143. The highest BCUT2D eigenvalue weighted by molar-refractivity contribution is 7.80. The van der Waals surface area contributed by atoms with E-state index >= 15 is 0 Å². The highest BCUT2D eigenvalue weighted by atomic mass is 35.5. The third kappa shape index (κ3) is 3.39. The number of aryl methyl sites for hydroxylation is 2. The minimum absolute atomic E-state index is 0.297. The Labute approximate surface area is 133 Å². The molecule has 0 bridgehead atoms. The smallest absolute Gasteiger partial charge is 0.107 e. The van der Waals surface area contributed by atoms with Crippen LogP contribution in [-0.2, 0) is 0 Å². The first-order valence-electron chi connectivity index (χ1n) is 5.88. The lowest BCUT2D eigenvalue weighted by atomic mass is 10.1. The average molecular weight is 326 g/mol. The van der Waals surface area contributed by atoms with E-state index in [1.54, 1.807) is 18.2 Å². The monoisotopic (exact) mass is 325 g/mol. The predicted molar refractivity (Wildman–Crippen MR) is 89.3 cm³/mol. The van der Waals surface area contributed by atoms with Gasteiger partial charge in [-0.2, -0.15) is 0 Å². The number of nitrogens with one attached hydrogen (secondary N) is 1. The predicted octanol–water partition coefficient (Wildman–Crippen LogP) is 4.38. The SMILES string of the molecule is Cc1cc(Nc2cc(Cl)cc(Cl)c2)c(C(N)=S)c(C)n1. The van der Waals surface area contributed by atoms with Gasteiger partial charge in [0.25, 0.3) is 0 Å². The maximum Gasteiger partial charge on any atom is 0.107 e. The van der Waals surface area contributed by atoms with Crippen molar-refractivity contribution in [2.75, 3.05) is 5.32 Å². The van der Waals surface area contributed by atoms with Gasteiger partial charge in [0.1, 0.15) is 4.99 Å². The van der Waals surface area contributed by atoms with Crippen LogP contribution in [0.3, 0.4) is 0 Å². The van der Waals surface area contributed by atoms with E-state index in [2.05, 4.69) is 10.3 Å². The Morgan fingerprint density at radius 2 is 1.75 bits per heavy atom. The first kappa shape index (κ1) is 15.0. The van der Waals surface area contributed by atoms with Crippen molar-refractivity contribution in [3.63, 3.8) is 0 Å². The van der Waals surface area contributed by atoms with E-state index in [0.717, 1.165) is 28.3 Å². The number of benzene rings is 1. The summed E-state index contributed by atoms with van der Waals surface area (Å²) in [4.78, 5) is 4.67. The van der Waals surface area contributed by atoms with Crippen molar-refractivity contribution in [1.29, 1.82) is 0 Å². The van der Waals surface area contributed by atoms with Crippen LogP contribution >= 0.6 is 35.4 Å². The van der Waals surface area contributed by atoms with Gasteiger partial charge in [0.15, 0.2) is 0 Å². The third-order valence-electron chi connectivity index (χ3n) is 2.72. The summed E-state index contributed by atoms with van der Waals surface area (Å²) in [5, 5.41) is 4.35. The Balaban J connectivity index is 2.49. The second kappa shape index (κ2) is 5.95. The zero-order valence-corrected chi connectivity index (χ0v) is 13.3. The average Bonchev–Trinajstić information content (AvgIpc) is 2.25. The van der Waals surface area contributed by atoms with Crippen molar-refractivity contribution in [2.24, 2.45) is 5.73 Å². The van der Waals surface area contributed by atoms with Gasteiger partial charge >= 0.3 is 0 Å². The molecule has 0 aliphatic carbocycles. The Morgan fingerprint density at radius 1 is 1.15 bits per heavy atom. The Kier molecular flexibility index (Phi) is 4.48. The van der Waals surface area contributed by atoms with E-state index in [1.807, 2.05) is 19.9 Å². The largest absolute Gasteiger partial charge is 0.389 e. The zero-order valence-electron chi connectivity index (χ0n) is 11.0. The van der Waals surface area contributed by atoms with Gasteiger partial charge in [-0.15, -0.1) is 0 Å². The molecule has 1 heterocycles. The molecule has 1 aromatic carbocycles. The standard InChI is InChI=1S/C14H13Cl2N3S/c1-7-3-12(13(14(17)20)8(2)18-7)19-11-5-9(15)4-10(16)6-11/h3-6H,1-2H3,(H2,17,20)(H,18,19). The van der Waals surface area contributed by atoms with Crippen LogP contribution in [0.5, 0.6) is 0 Å². The summed E-state index contributed by atoms with van der Waals surface area (Å²) >= 11 is 17.1. The molecule has 6 heteroatoms. The second-order valence-corrected chi connectivity index (χ2v) is 5.73. The van der Waals surface area contributed by atoms with Gasteiger partial charge < -0.3 is 11.1 Å². The maximum atomic E-state index is 5.99. The van der Waals surface area contributed by atoms with E-state index in [-0.39, 0.29) is 0 Å². The number of pyridine rings is 1. The van der Waals surface area contributed by atoms with Crippen molar-refractivity contribution >= 4 is 51.8 Å². The lowest BCUT2D eigenvalue weighted by Gasteiger charge is -2.14. The van der Waals surface area contributed by atoms with Crippen molar-refractivity contribution in [1.82, 2.24) is 4.98 Å². The number of rotatable bonds is 3. The molecule has 0 radical (unpaired) electrons. The normalized spacial score (nSPS) is 10.4. The van der Waals surface area contributed by atoms with Crippen LogP contribution in [0.25, 0.3) is 0 Å². The number of aromatic nitrogens is 1. The highest BCUT2D eigenvalue weighted by Crippen LogP contribution is 2.28. The summed E-state index contributed by atoms with van der Waals surface area (Å²) in [6.45, 7) is 3.78. The van der Waals surface area contributed by atoms with Gasteiger partial charge in [0, 0.05) is 27.1 Å². The summed E-state index contributed by atoms with van der Waals surface area (Å²) in [5.41, 5.74) is 9.72. The molecule has 0 aliphatic rings. The van der Waals surface area contributed by atoms with Crippen molar-refractivity contribution in [3.05, 3.63) is 51.3 Å². The fourth-order valence-corrected chi connectivity index (χ4v) is 2.80. The number of nitrogens with zero attached hydrogens (tertiary/aromatic N) is 1. The number of halogens is 2. The lowest BCUT2D eigenvalue weighted by molar-refractivity contribution is 1.12. The van der Waals surface area contributed by atoms with Crippen LogP contribution in [0.4, 0.5) is 11.4 Å². The molecule has 0 spiro atoms. The van der Waals surface area contributed by atoms with Gasteiger partial charge in [-0.25, -0.2) is 0 Å². The molecule has 3 N–H and O–H groups in total. The molecule has 2 aromatic rings. The van der Waals surface area contributed by atoms with E-state index in [1.165, 1.54) is 0 Å². The van der Waals surface area contributed by atoms with Gasteiger partial charge in [0.05, 0.1) is 11.3 Å². The molecule has 0 unspecified atom stereocenters. The molecule has 0 saturated carbocycles. The molecule has 104 valence electrons. The Morgan fingerprint density at radius 3 is 2.30 bits per heavy atom. The third-order valence-corrected chi connectivity index (χ3v) is 3.36. The minimum Gasteiger partial charge on any atom is -0.389 e. The molecule has 0 saturated heterocycles. The molecule has 20 heavy (non-hydrogen) atoms. The number of hydrogen-bond acceptors (Lipinski definition) is 3. The second-order valence-electron chi connectivity index (χ2n) is 4.42. The molecule has 0 amide bonds. The van der Waals surface area contributed by atoms with Crippen molar-refractivity contribution in [2.45, 2.75) is 13.8 Å². The fourth-order valence-electron chi connectivity index (χ4n) is 2.02. The zero-order chi connectivity index (χ0) is 14.9. The summed E-state index contributed by atoms with van der Waals surface area (Å²) in [6.07, 6.45) is 0. The topological polar surface area (TPSA) is 50.9 Å². The molecular formula is C14H13Cl2N3S. The molecular weight excluding hydrogens is 313 g/mol. The number of thiocarbonyl (C=S) groups is 1. The molecule has 2 rings (SSSR count). The van der Waals surface area contributed by atoms with Gasteiger partial charge in [0.2, 0.25) is 0 Å². The van der Waals surface area contributed by atoms with Gasteiger partial charge in [-0.3, -0.25) is 4.98 Å². The Bertz CT molecular complexity index is 666. The summed E-state index contributed by atoms with van der Waals surface area (Å²) in [7, 11) is 0. The summed E-state index contributed by atoms with van der Waals surface area (Å²) < 4.78 is 0. The van der Waals surface area contributed by atoms with Crippen LogP contribution in [0.2, 0.25) is 10.0 Å². The van der Waals surface area contributed by atoms with Crippen molar-refractivity contribution in [3.8, 4) is 0 Å². The lowest BCUT2D eigenvalue weighted by Crippen LogP contribution is -2.15. The van der Waals surface area contributed by atoms with Crippen LogP contribution in [0.1, 0.15) is 17.0 Å². The molecule has 3 nitrogen and oxygen atoms in total. The summed E-state index contributed by atoms with van der Waals surface area (Å²) in [6, 6.07) is 7.12. The van der Waals surface area contributed by atoms with Crippen LogP contribution in [0.15, 0.2) is 24.3 Å². The van der Waals surface area contributed by atoms with Crippen LogP contribution in [-0.4, -0.2) is 9.97 Å². The molecule has 0 fully saturated rings. The summed E-state index contributed by atoms with van der Waals surface area (Å²) in [5.74, 6) is 0. The molecule has 0 aliphatic heterocycles. The van der Waals surface area contributed by atoms with Crippen LogP contribution in [0, 0.1) is 13.8 Å². The van der Waals surface area contributed by atoms with E-state index < -0.39 is 0 Å². The Hall–Kier alpha value is -1.36. The highest BCUT2D eigenvalue weighted by Gasteiger charge is 2.11. The first-order chi connectivity index (χ1) is 9.36. The van der Waals surface area contributed by atoms with Crippen molar-refractivity contribution < 1.29 is 0 Å². The number of nitrogens with two attached hydrogens (primary N) is 1. The first-order valence-corrected chi connectivity index (χ1v) is 7.04. The van der Waals surface area contributed by atoms with Gasteiger partial charge in [-0.05, 0) is 38.1 Å². The van der Waals surface area contributed by atoms with E-state index in [4.69, 9.17) is 41.2 Å². The minimum atomic E-state index is 0.297. The quantitative estimate of drug-likeness (QED) is 0.822. The van der Waals surface area contributed by atoms with Gasteiger partial charge in [-0.1, -0.05) is 35.4 Å². The molecule has 1 aromatic heterocycles. The van der Waals surface area contributed by atoms with Crippen LogP contribution < -0.4 is 11.1 Å². The number of anilines is 2. The van der Waals surface area contributed by atoms with E-state index in [0.29, 0.717) is 15.0 Å². The van der Waals surface area contributed by atoms with E-state index in [9.17, 15) is 0 Å². The maximum absolute atomic E-state index is 5.99. The number of hydrogen-bond donors (Lipinski definition) is 2. The molecule has 0 atom stereocenters.